The number of amides is 3. The number of nitrogens with zero attached hydrogens (tertiary/aromatic N) is 9. The van der Waals surface area contributed by atoms with Crippen molar-refractivity contribution in [3.8, 4) is 34.9 Å². The number of carbonyl (C=O) groups is 6. The van der Waals surface area contributed by atoms with Crippen LogP contribution in [-0.4, -0.2) is 194 Å². The zero-order valence-corrected chi connectivity index (χ0v) is 81.2. The molecule has 27 nitrogen and oxygen atoms in total. The Labute approximate surface area is 813 Å². The van der Waals surface area contributed by atoms with Crippen LogP contribution in [0.1, 0.15) is 271 Å². The van der Waals surface area contributed by atoms with Crippen LogP contribution in [0.15, 0.2) is 54.6 Å². The number of aromatic nitrogens is 6. The van der Waals surface area contributed by atoms with Crippen molar-refractivity contribution in [2.45, 2.75) is 311 Å². The third-order valence-corrected chi connectivity index (χ3v) is 26.8. The number of esters is 3. The number of benzene rings is 3. The third-order valence-electron chi connectivity index (χ3n) is 26.8. The van der Waals surface area contributed by atoms with E-state index in [4.69, 9.17) is 59.1 Å². The summed E-state index contributed by atoms with van der Waals surface area (Å²) in [4.78, 5) is 151. The fourth-order valence-electron chi connectivity index (χ4n) is 19.0. The van der Waals surface area contributed by atoms with E-state index in [0.29, 0.717) is 127 Å². The van der Waals surface area contributed by atoms with E-state index in [0.717, 1.165) is 12.8 Å². The number of methoxy groups -OCH3 is 3. The number of ether oxygens (including phenoxy) is 9. The summed E-state index contributed by atoms with van der Waals surface area (Å²) >= 11 is 0. The van der Waals surface area contributed by atoms with Crippen LogP contribution in [0.25, 0.3) is 33.1 Å². The maximum atomic E-state index is 14.3. The Morgan fingerprint density at radius 2 is 0.752 bits per heavy atom. The molecular weight excluding hydrogens is 1760 g/mol. The van der Waals surface area contributed by atoms with E-state index >= 15 is 0 Å². The minimum absolute atomic E-state index is 0. The summed E-state index contributed by atoms with van der Waals surface area (Å²) in [7, 11) is 4.53. The van der Waals surface area contributed by atoms with Crippen molar-refractivity contribution >= 4 is 87.6 Å². The normalized spacial score (nSPS) is 32.8. The average molecular weight is 1900 g/mol. The van der Waals surface area contributed by atoms with Crippen molar-refractivity contribution in [2.75, 3.05) is 41.0 Å². The van der Waals surface area contributed by atoms with Gasteiger partial charge in [0.2, 0.25) is 35.4 Å². The van der Waals surface area contributed by atoms with Crippen LogP contribution in [0.4, 0.5) is 0 Å². The summed E-state index contributed by atoms with van der Waals surface area (Å²) in [6.45, 7) is 24.2. The zero-order valence-electron chi connectivity index (χ0n) is 89.0. The zero-order chi connectivity index (χ0) is 101. The monoisotopic (exact) mass is 1900 g/mol. The molecule has 3 saturated heterocycles. The molecule has 6 bridgehead atoms. The van der Waals surface area contributed by atoms with Gasteiger partial charge in [0, 0.05) is 96.2 Å². The first-order valence-electron chi connectivity index (χ1n) is 50.9. The van der Waals surface area contributed by atoms with Gasteiger partial charge in [-0.15, -0.1) is 0 Å². The van der Waals surface area contributed by atoms with E-state index in [1.54, 1.807) is 54.6 Å². The van der Waals surface area contributed by atoms with E-state index in [-0.39, 0.29) is 196 Å². The van der Waals surface area contributed by atoms with Gasteiger partial charge < -0.3 is 71.7 Å². The molecule has 6 aromatic rings. The van der Waals surface area contributed by atoms with Crippen molar-refractivity contribution < 1.29 is 158 Å². The van der Waals surface area contributed by atoms with Gasteiger partial charge in [-0.2, -0.15) is 0 Å². The van der Waals surface area contributed by atoms with Gasteiger partial charge >= 0.3 is 17.9 Å². The largest absolute Gasteiger partial charge is 0.540 e. The number of rotatable bonds is 9. The maximum absolute atomic E-state index is 14.3. The maximum Gasteiger partial charge on any atom is 0.307 e. The first-order chi connectivity index (χ1) is 64.7. The number of aryl methyl sites for hydroxylation is 3. The standard InChI is InChI=1S/C34H46N3O6.C33H44N3O6.C32H42N3O6.3V/c1-6-23-28(20-38)37-19-30(23)43-32-26(35-25-16-15-22(41-5)17-27(25)36-32)13-9-7-8-11-21-12-10-14-29(21)42-31(39)18-24(33(37)40)34(2,3)4;1-7-22-27(19-37)36-18-28(22)41-30-25(34-24-14-13-21(40-6)15-26(24)35-30)12-10-8-9-11-20-17-33(20,5)42-29(38)16-23(31(36)39)32(2,3)4;1-6-21-26(18-36)35-17-28(21)41-30-24(33-23-13-12-20(39-5)15-25(23)34-30)11-9-7-8-10-19-14-27(19)40-29(37)16-22(31(35)38)32(2,3)4;;;/h15-17,21,23-24,28-30H,6-14,18-19H2,1-5H3;13-15,20,22-23,27-28H,7-12,16-18H2,1-6H3;12-13,15,19,21-22,26-28H,6-11,14,16-17H2,1-5H3;;;/q3*-1;;;/t21-,23+,24-,28-,29-,30+;20-,22+,23-,27-,28+,33-;19-,21+,22-,26-,27-,28+;;;/m111.../s1/i9D2,13D2;10D2,12D2;9D2,11D2;;;. The molecule has 699 valence electrons. The fraction of sp³-hybridized carbons (Fsp3) is 0.667. The Morgan fingerprint density at radius 1 is 0.419 bits per heavy atom. The Hall–Kier alpha value is -7.94. The number of fused-ring (bicyclic) bond motifs is 15. The van der Waals surface area contributed by atoms with Gasteiger partial charge in [-0.1, -0.05) is 159 Å². The molecular formula is C99H132N9O18V3-3. The van der Waals surface area contributed by atoms with E-state index in [1.807, 2.05) is 109 Å². The van der Waals surface area contributed by atoms with Gasteiger partial charge in [0.25, 0.3) is 0 Å². The molecule has 3 aromatic carbocycles. The van der Waals surface area contributed by atoms with E-state index < -0.39 is 150 Å². The fourth-order valence-corrected chi connectivity index (χ4v) is 19.0. The first kappa shape index (κ1) is 86.5. The van der Waals surface area contributed by atoms with Crippen LogP contribution in [0.5, 0.6) is 34.9 Å². The minimum Gasteiger partial charge on any atom is -0.540 e. The van der Waals surface area contributed by atoms with E-state index in [1.165, 1.54) is 36.0 Å². The number of hydrogen-bond donors (Lipinski definition) is 0. The van der Waals surface area contributed by atoms with Crippen LogP contribution in [0.3, 0.4) is 0 Å². The van der Waals surface area contributed by atoms with Crippen LogP contribution in [0, 0.1) is 69.5 Å². The second-order valence-corrected chi connectivity index (χ2v) is 38.4. The van der Waals surface area contributed by atoms with Crippen LogP contribution >= 0.6 is 0 Å². The topological polar surface area (TPSA) is 324 Å². The molecule has 6 fully saturated rings. The van der Waals surface area contributed by atoms with Crippen molar-refractivity contribution in [3.63, 3.8) is 0 Å². The quantitative estimate of drug-likeness (QED) is 0.0737. The van der Waals surface area contributed by atoms with Gasteiger partial charge in [0.1, 0.15) is 70.5 Å². The molecule has 0 N–H and O–H groups in total. The molecule has 3 aliphatic carbocycles. The predicted octanol–water partition coefficient (Wildman–Crippen LogP) is 15.7. The second kappa shape index (κ2) is 44.7. The SMILES string of the molecule is [2H]C1([2H])CCC[C@@H]2CCC[C@H]2OC(=O)C[C@@H](C(C)(C)C)C(=O)N2C[C@H](Oc3nc4cc(OC)ccc4nc3C1([2H])[2H])[C@@H](CC)[C@H]2[C-]=O.[2H]C1([2H])CCC[C@@H]2C[C@@]2(C)OC(=O)C[C@@H](C(C)(C)C)C(=O)N2C[C@H](Oc3nc4cc(OC)ccc4nc3C1([2H])[2H])[C@@H](CC)[C@H]2[C-]=O.[2H]C1([2H])CCC[C@@H]2C[C@H]2OC(=O)C[C@@H](C(C)(C)C)C(=O)N2C[C@H](Oc3nc4cc(OC)ccc4nc3C1([2H])[2H])[C@@H](CC)[C@H]2[C-]=O.[V].[V].[V]. The van der Waals surface area contributed by atoms with Crippen LogP contribution < -0.4 is 28.4 Å². The molecule has 30 heteroatoms. The molecule has 3 amide bonds. The molecule has 18 atom stereocenters. The van der Waals surface area contributed by atoms with Crippen LogP contribution in [-0.2, 0) is 132 Å². The molecule has 0 spiro atoms. The first-order valence-corrected chi connectivity index (χ1v) is 44.9. The molecule has 6 aliphatic heterocycles. The Morgan fingerprint density at radius 3 is 1.09 bits per heavy atom. The van der Waals surface area contributed by atoms with Crippen molar-refractivity contribution in [1.82, 2.24) is 44.6 Å². The molecule has 3 aromatic heterocycles. The van der Waals surface area contributed by atoms with Crippen molar-refractivity contribution in [1.29, 1.82) is 0 Å². The minimum atomic E-state index is -2.63. The van der Waals surface area contributed by atoms with Gasteiger partial charge in [-0.3, -0.25) is 28.8 Å². The Kier molecular flexibility index (Phi) is 30.0. The van der Waals surface area contributed by atoms with E-state index in [9.17, 15) is 43.2 Å². The number of hydrogen-bond acceptors (Lipinski definition) is 24. The summed E-state index contributed by atoms with van der Waals surface area (Å²) in [6, 6.07) is 11.9. The Balaban J connectivity index is 0.000000215. The van der Waals surface area contributed by atoms with Crippen LogP contribution in [0.2, 0.25) is 0 Å². The molecule has 3 radical (unpaired) electrons. The smallest absolute Gasteiger partial charge is 0.307 e. The summed E-state index contributed by atoms with van der Waals surface area (Å²) in [5, 5.41) is 0. The molecule has 9 aliphatic rings. The number of carbonyl (C=O) groups excluding carboxylic acids is 9. The van der Waals surface area contributed by atoms with Crippen molar-refractivity contribution in [2.24, 2.45) is 69.5 Å². The van der Waals surface area contributed by atoms with E-state index in [2.05, 4.69) is 29.9 Å². The summed E-state index contributed by atoms with van der Waals surface area (Å²) in [5.74, 6) is -5.55. The second-order valence-electron chi connectivity index (χ2n) is 38.4. The third kappa shape index (κ3) is 24.6. The molecule has 9 heterocycles. The van der Waals surface area contributed by atoms with Gasteiger partial charge in [0.05, 0.1) is 111 Å². The molecule has 3 saturated carbocycles. The summed E-state index contributed by atoms with van der Waals surface area (Å²) in [6.07, 6.45) is -5.03. The average Bonchev–Trinajstić information content (AvgIpc) is 1.73. The summed E-state index contributed by atoms with van der Waals surface area (Å²) < 4.78 is 161. The van der Waals surface area contributed by atoms with Gasteiger partial charge in [-0.25, -0.2) is 48.8 Å². The molecule has 129 heavy (non-hydrogen) atoms. The van der Waals surface area contributed by atoms with Gasteiger partial charge in [-0.05, 0) is 179 Å². The Bertz CT molecular complexity index is 5550. The molecule has 15 rings (SSSR count). The summed E-state index contributed by atoms with van der Waals surface area (Å²) in [5.41, 5.74) is -1.38. The van der Waals surface area contributed by atoms with Gasteiger partial charge in [0.15, 0.2) is 0 Å². The van der Waals surface area contributed by atoms with Crippen molar-refractivity contribution in [3.05, 3.63) is 71.7 Å². The predicted molar refractivity (Wildman–Crippen MR) is 473 cm³/mol. The molecule has 0 unspecified atom stereocenters.